The van der Waals surface area contributed by atoms with E-state index in [0.717, 1.165) is 19.3 Å². The summed E-state index contributed by atoms with van der Waals surface area (Å²) in [4.78, 5) is 12.8. The molecular weight excluding hydrogens is 243 g/mol. The first-order valence-corrected chi connectivity index (χ1v) is 5.89. The fraction of sp³-hybridized carbons (Fsp3) is 0.900. The number of amides is 1. The van der Waals surface area contributed by atoms with E-state index in [-0.39, 0.29) is 11.9 Å². The van der Waals surface area contributed by atoms with Crippen LogP contribution in [0.1, 0.15) is 32.1 Å². The molecule has 0 saturated carbocycles. The first-order chi connectivity index (χ1) is 7.44. The van der Waals surface area contributed by atoms with Crippen LogP contribution < -0.4 is 0 Å². The Labute approximate surface area is 97.7 Å². The van der Waals surface area contributed by atoms with Gasteiger partial charge in [-0.15, -0.1) is 11.6 Å². The lowest BCUT2D eigenvalue weighted by molar-refractivity contribution is -0.162. The number of rotatable bonds is 2. The lowest BCUT2D eigenvalue weighted by Crippen LogP contribution is -2.42. The molecule has 1 aliphatic heterocycles. The van der Waals surface area contributed by atoms with E-state index in [1.165, 1.54) is 4.90 Å². The van der Waals surface area contributed by atoms with Crippen molar-refractivity contribution in [2.24, 2.45) is 0 Å². The summed E-state index contributed by atoms with van der Waals surface area (Å²) < 4.78 is 36.3. The maximum atomic E-state index is 12.1. The number of carbonyl (C=O) groups is 1. The Kier molecular flexibility index (Phi) is 4.89. The molecule has 0 aromatic heterocycles. The van der Waals surface area contributed by atoms with Crippen molar-refractivity contribution in [3.63, 3.8) is 0 Å². The molecule has 1 unspecified atom stereocenters. The van der Waals surface area contributed by atoms with Gasteiger partial charge in [0.2, 0.25) is 5.91 Å². The number of carbonyl (C=O) groups excluding carboxylic acids is 1. The largest absolute Gasteiger partial charge is 0.397 e. The summed E-state index contributed by atoms with van der Waals surface area (Å²) in [5.74, 6) is -0.635. The molecule has 0 radical (unpaired) electrons. The van der Waals surface area contributed by atoms with Crippen LogP contribution in [0.15, 0.2) is 0 Å². The molecule has 0 aromatic rings. The molecular formula is C10H15ClF3NO. The zero-order valence-electron chi connectivity index (χ0n) is 8.89. The molecule has 1 rings (SSSR count). The maximum Gasteiger partial charge on any atom is 0.397 e. The molecule has 1 heterocycles. The number of nitrogens with zero attached hydrogens (tertiary/aromatic N) is 1. The standard InChI is InChI=1S/C10H15ClF3NO/c11-7-8-4-2-1-3-5-15(8)9(16)6-10(12,13)14/h8H,1-7H2. The quantitative estimate of drug-likeness (QED) is 0.697. The molecule has 0 spiro atoms. The normalized spacial score (nSPS) is 23.0. The fourth-order valence-corrected chi connectivity index (χ4v) is 2.26. The Morgan fingerprint density at radius 2 is 2.00 bits per heavy atom. The summed E-state index contributed by atoms with van der Waals surface area (Å²) in [5, 5.41) is 0. The van der Waals surface area contributed by atoms with Crippen LogP contribution in [0, 0.1) is 0 Å². The SMILES string of the molecule is O=C(CC(F)(F)F)N1CCCCCC1CCl. The van der Waals surface area contributed by atoms with Crippen molar-refractivity contribution in [3.05, 3.63) is 0 Å². The van der Waals surface area contributed by atoms with Gasteiger partial charge in [0.15, 0.2) is 0 Å². The van der Waals surface area contributed by atoms with Crippen molar-refractivity contribution < 1.29 is 18.0 Å². The summed E-state index contributed by atoms with van der Waals surface area (Å²) in [6.07, 6.45) is -2.47. The van der Waals surface area contributed by atoms with Crippen molar-refractivity contribution in [1.82, 2.24) is 4.90 Å². The zero-order valence-corrected chi connectivity index (χ0v) is 9.65. The van der Waals surface area contributed by atoms with Gasteiger partial charge in [-0.25, -0.2) is 0 Å². The van der Waals surface area contributed by atoms with Gasteiger partial charge in [0.25, 0.3) is 0 Å². The van der Waals surface area contributed by atoms with Crippen molar-refractivity contribution in [2.45, 2.75) is 44.3 Å². The third-order valence-corrected chi connectivity index (χ3v) is 3.08. The molecule has 1 saturated heterocycles. The molecule has 1 fully saturated rings. The molecule has 1 atom stereocenters. The minimum absolute atomic E-state index is 0.212. The first-order valence-electron chi connectivity index (χ1n) is 5.36. The molecule has 94 valence electrons. The Bertz CT molecular complexity index is 245. The van der Waals surface area contributed by atoms with Crippen LogP contribution in [0.2, 0.25) is 0 Å². The van der Waals surface area contributed by atoms with Crippen molar-refractivity contribution in [2.75, 3.05) is 12.4 Å². The maximum absolute atomic E-state index is 12.1. The van der Waals surface area contributed by atoms with Crippen LogP contribution in [0.4, 0.5) is 13.2 Å². The second kappa shape index (κ2) is 5.75. The predicted octanol–water partition coefficient (Wildman–Crippen LogP) is 2.95. The van der Waals surface area contributed by atoms with Gasteiger partial charge >= 0.3 is 6.18 Å². The van der Waals surface area contributed by atoms with Gasteiger partial charge in [0.1, 0.15) is 6.42 Å². The number of halogens is 4. The summed E-state index contributed by atoms with van der Waals surface area (Å²) in [6.45, 7) is 0.395. The van der Waals surface area contributed by atoms with E-state index in [0.29, 0.717) is 13.0 Å². The van der Waals surface area contributed by atoms with Crippen molar-refractivity contribution in [3.8, 4) is 0 Å². The Hall–Kier alpha value is -0.450. The highest BCUT2D eigenvalue weighted by molar-refractivity contribution is 6.18. The molecule has 6 heteroatoms. The highest BCUT2D eigenvalue weighted by Gasteiger charge is 2.35. The molecule has 1 amide bonds. The molecule has 0 aromatic carbocycles. The van der Waals surface area contributed by atoms with Crippen LogP contribution in [-0.4, -0.2) is 35.4 Å². The third-order valence-electron chi connectivity index (χ3n) is 2.73. The highest BCUT2D eigenvalue weighted by atomic mass is 35.5. The van der Waals surface area contributed by atoms with Gasteiger partial charge < -0.3 is 4.90 Å². The number of hydrogen-bond donors (Lipinski definition) is 0. The van der Waals surface area contributed by atoms with E-state index in [2.05, 4.69) is 0 Å². The minimum atomic E-state index is -4.43. The number of alkyl halides is 4. The minimum Gasteiger partial charge on any atom is -0.338 e. The van der Waals surface area contributed by atoms with Crippen LogP contribution in [0.3, 0.4) is 0 Å². The van der Waals surface area contributed by atoms with E-state index in [4.69, 9.17) is 11.6 Å². The van der Waals surface area contributed by atoms with Gasteiger partial charge in [-0.2, -0.15) is 13.2 Å². The summed E-state index contributed by atoms with van der Waals surface area (Å²) >= 11 is 5.69. The summed E-state index contributed by atoms with van der Waals surface area (Å²) in [6, 6.07) is -0.237. The number of likely N-dealkylation sites (tertiary alicyclic amines) is 1. The van der Waals surface area contributed by atoms with Crippen LogP contribution in [0.25, 0.3) is 0 Å². The molecule has 16 heavy (non-hydrogen) atoms. The Morgan fingerprint density at radius 1 is 1.31 bits per heavy atom. The average molecular weight is 258 g/mol. The van der Waals surface area contributed by atoms with Gasteiger partial charge in [0, 0.05) is 18.5 Å². The summed E-state index contributed by atoms with van der Waals surface area (Å²) in [5.41, 5.74) is 0. The lowest BCUT2D eigenvalue weighted by atomic mass is 10.1. The van der Waals surface area contributed by atoms with E-state index in [9.17, 15) is 18.0 Å². The first kappa shape index (κ1) is 13.6. The van der Waals surface area contributed by atoms with E-state index in [1.807, 2.05) is 0 Å². The van der Waals surface area contributed by atoms with Gasteiger partial charge in [0.05, 0.1) is 0 Å². The van der Waals surface area contributed by atoms with Crippen LogP contribution in [0.5, 0.6) is 0 Å². The third kappa shape index (κ3) is 4.20. The molecule has 2 nitrogen and oxygen atoms in total. The van der Waals surface area contributed by atoms with Gasteiger partial charge in [-0.1, -0.05) is 12.8 Å². The zero-order chi connectivity index (χ0) is 12.2. The lowest BCUT2D eigenvalue weighted by Gasteiger charge is -2.29. The van der Waals surface area contributed by atoms with Gasteiger partial charge in [-0.05, 0) is 12.8 Å². The number of hydrogen-bond acceptors (Lipinski definition) is 1. The predicted molar refractivity (Wildman–Crippen MR) is 55.4 cm³/mol. The summed E-state index contributed by atoms with van der Waals surface area (Å²) in [7, 11) is 0. The molecule has 0 aliphatic carbocycles. The van der Waals surface area contributed by atoms with Gasteiger partial charge in [-0.3, -0.25) is 4.79 Å². The van der Waals surface area contributed by atoms with Crippen molar-refractivity contribution >= 4 is 17.5 Å². The Morgan fingerprint density at radius 3 is 2.56 bits per heavy atom. The highest BCUT2D eigenvalue weighted by Crippen LogP contribution is 2.24. The Balaban J connectivity index is 2.63. The second-order valence-corrected chi connectivity index (χ2v) is 4.35. The van der Waals surface area contributed by atoms with Crippen molar-refractivity contribution in [1.29, 1.82) is 0 Å². The van der Waals surface area contributed by atoms with Crippen LogP contribution in [-0.2, 0) is 4.79 Å². The molecule has 0 bridgehead atoms. The average Bonchev–Trinajstić information content (AvgIpc) is 2.39. The van der Waals surface area contributed by atoms with Crippen LogP contribution >= 0.6 is 11.6 Å². The second-order valence-electron chi connectivity index (χ2n) is 4.04. The fourth-order valence-electron chi connectivity index (χ4n) is 1.94. The topological polar surface area (TPSA) is 20.3 Å². The molecule has 1 aliphatic rings. The van der Waals surface area contributed by atoms with E-state index >= 15 is 0 Å². The smallest absolute Gasteiger partial charge is 0.338 e. The monoisotopic (exact) mass is 257 g/mol. The van der Waals surface area contributed by atoms with E-state index < -0.39 is 18.5 Å². The van der Waals surface area contributed by atoms with E-state index in [1.54, 1.807) is 0 Å². The molecule has 0 N–H and O–H groups in total.